The molecule has 0 atom stereocenters. The number of hydrogen-bond acceptors (Lipinski definition) is 4. The van der Waals surface area contributed by atoms with Gasteiger partial charge in [0, 0.05) is 24.7 Å². The van der Waals surface area contributed by atoms with Crippen LogP contribution in [0.2, 0.25) is 0 Å². The van der Waals surface area contributed by atoms with E-state index in [4.69, 9.17) is 9.72 Å². The first kappa shape index (κ1) is 19.8. The van der Waals surface area contributed by atoms with Gasteiger partial charge in [-0.25, -0.2) is 4.98 Å². The highest BCUT2D eigenvalue weighted by molar-refractivity contribution is 5.99. The molecule has 0 radical (unpaired) electrons. The lowest BCUT2D eigenvalue weighted by Crippen LogP contribution is -2.40. The van der Waals surface area contributed by atoms with E-state index in [1.165, 1.54) is 0 Å². The number of fused-ring (bicyclic) bond motifs is 2. The molecule has 1 aliphatic heterocycles. The van der Waals surface area contributed by atoms with Crippen LogP contribution >= 0.6 is 0 Å². The maximum Gasteiger partial charge on any atom is 0.265 e. The largest absolute Gasteiger partial charge is 0.482 e. The molecular weight excluding hydrogens is 404 g/mol. The molecule has 7 nitrogen and oxygen atoms in total. The molecule has 4 aromatic rings. The highest BCUT2D eigenvalue weighted by Gasteiger charge is 2.26. The number of aromatic nitrogens is 2. The van der Waals surface area contributed by atoms with Crippen molar-refractivity contribution in [3.8, 4) is 17.0 Å². The number of ether oxygens (including phenoxy) is 1. The molecule has 0 saturated carbocycles. The molecule has 0 spiro atoms. The highest BCUT2D eigenvalue weighted by atomic mass is 16.5. The molecule has 1 N–H and O–H groups in total. The number of imidazole rings is 1. The van der Waals surface area contributed by atoms with E-state index < -0.39 is 0 Å². The fourth-order valence-electron chi connectivity index (χ4n) is 3.93. The lowest BCUT2D eigenvalue weighted by atomic mass is 10.1. The fraction of sp³-hybridized carbons (Fsp3) is 0.160. The molecule has 0 bridgehead atoms. The van der Waals surface area contributed by atoms with Crippen molar-refractivity contribution in [3.63, 3.8) is 0 Å². The number of carbonyl (C=O) groups is 2. The average Bonchev–Trinajstić information content (AvgIpc) is 3.18. The third-order valence-corrected chi connectivity index (χ3v) is 5.52. The van der Waals surface area contributed by atoms with E-state index in [2.05, 4.69) is 5.32 Å². The highest BCUT2D eigenvalue weighted by Crippen LogP contribution is 2.32. The molecular formula is C25H22N4O3. The predicted octanol–water partition coefficient (Wildman–Crippen LogP) is 4.06. The number of anilines is 2. The minimum absolute atomic E-state index is 0.0245. The van der Waals surface area contributed by atoms with Gasteiger partial charge in [0.1, 0.15) is 22.9 Å². The first-order chi connectivity index (χ1) is 15.6. The van der Waals surface area contributed by atoms with Gasteiger partial charge in [0.2, 0.25) is 5.91 Å². The Bertz CT molecular complexity index is 1310. The lowest BCUT2D eigenvalue weighted by Gasteiger charge is -2.29. The minimum Gasteiger partial charge on any atom is -0.482 e. The maximum absolute atomic E-state index is 13.0. The third kappa shape index (κ3) is 3.58. The number of para-hydroxylation sites is 2. The van der Waals surface area contributed by atoms with E-state index >= 15 is 0 Å². The summed E-state index contributed by atoms with van der Waals surface area (Å²) in [4.78, 5) is 31.8. The first-order valence-corrected chi connectivity index (χ1v) is 10.5. The summed E-state index contributed by atoms with van der Waals surface area (Å²) in [5.74, 6) is 0.916. The Kier molecular flexibility index (Phi) is 5.07. The van der Waals surface area contributed by atoms with Crippen LogP contribution in [0.3, 0.4) is 0 Å². The van der Waals surface area contributed by atoms with E-state index in [0.717, 1.165) is 16.8 Å². The molecule has 7 heteroatoms. The second-order valence-electron chi connectivity index (χ2n) is 7.66. The molecule has 2 amide bonds. The summed E-state index contributed by atoms with van der Waals surface area (Å²) in [6.07, 6.45) is 2.03. The number of hydrogen-bond donors (Lipinski definition) is 1. The van der Waals surface area contributed by atoms with E-state index in [-0.39, 0.29) is 31.4 Å². The van der Waals surface area contributed by atoms with Gasteiger partial charge in [-0.2, -0.15) is 0 Å². The Morgan fingerprint density at radius 1 is 1.06 bits per heavy atom. The van der Waals surface area contributed by atoms with Crippen LogP contribution in [0, 0.1) is 6.92 Å². The van der Waals surface area contributed by atoms with Gasteiger partial charge in [-0.3, -0.25) is 14.0 Å². The molecule has 3 heterocycles. The molecule has 1 aliphatic rings. The summed E-state index contributed by atoms with van der Waals surface area (Å²) in [6.45, 7) is 2.23. The zero-order valence-electron chi connectivity index (χ0n) is 17.6. The van der Waals surface area contributed by atoms with Crippen molar-refractivity contribution in [2.24, 2.45) is 0 Å². The molecule has 0 saturated heterocycles. The second-order valence-corrected chi connectivity index (χ2v) is 7.66. The zero-order chi connectivity index (χ0) is 22.1. The van der Waals surface area contributed by atoms with Gasteiger partial charge in [-0.1, -0.05) is 48.5 Å². The van der Waals surface area contributed by atoms with Crippen LogP contribution in [0.15, 0.2) is 72.9 Å². The molecule has 32 heavy (non-hydrogen) atoms. The van der Waals surface area contributed by atoms with Crippen LogP contribution in [0.5, 0.6) is 5.75 Å². The van der Waals surface area contributed by atoms with Crippen LogP contribution in [0.1, 0.15) is 12.0 Å². The van der Waals surface area contributed by atoms with Crippen molar-refractivity contribution in [1.82, 2.24) is 9.38 Å². The first-order valence-electron chi connectivity index (χ1n) is 10.5. The lowest BCUT2D eigenvalue weighted by molar-refractivity contribution is -0.121. The summed E-state index contributed by atoms with van der Waals surface area (Å²) in [7, 11) is 0. The van der Waals surface area contributed by atoms with Gasteiger partial charge in [0.05, 0.1) is 5.69 Å². The van der Waals surface area contributed by atoms with Gasteiger partial charge < -0.3 is 15.0 Å². The zero-order valence-corrected chi connectivity index (χ0v) is 17.6. The molecule has 160 valence electrons. The van der Waals surface area contributed by atoms with E-state index in [1.54, 1.807) is 4.90 Å². The Hall–Kier alpha value is -4.13. The topological polar surface area (TPSA) is 75.9 Å². The Morgan fingerprint density at radius 3 is 2.69 bits per heavy atom. The number of carbonyl (C=O) groups excluding carboxylic acids is 2. The fourth-order valence-corrected chi connectivity index (χ4v) is 3.93. The molecule has 0 aliphatic carbocycles. The van der Waals surface area contributed by atoms with E-state index in [9.17, 15) is 9.59 Å². The van der Waals surface area contributed by atoms with Crippen LogP contribution in [-0.4, -0.2) is 34.4 Å². The summed E-state index contributed by atoms with van der Waals surface area (Å²) < 4.78 is 7.37. The second kappa shape index (κ2) is 8.19. The average molecular weight is 426 g/mol. The summed E-state index contributed by atoms with van der Waals surface area (Å²) in [6, 6.07) is 21.0. The van der Waals surface area contributed by atoms with Crippen LogP contribution < -0.4 is 15.0 Å². The van der Waals surface area contributed by atoms with Crippen molar-refractivity contribution in [2.45, 2.75) is 13.3 Å². The SMILES string of the molecule is Cc1cccn2c(NC(=O)CCN3C(=O)COc4ccccc43)c(-c3ccccc3)nc12. The van der Waals surface area contributed by atoms with Crippen molar-refractivity contribution < 1.29 is 14.3 Å². The molecule has 2 aromatic heterocycles. The van der Waals surface area contributed by atoms with Crippen molar-refractivity contribution in [3.05, 3.63) is 78.5 Å². The van der Waals surface area contributed by atoms with Crippen LogP contribution in [-0.2, 0) is 9.59 Å². The minimum atomic E-state index is -0.192. The van der Waals surface area contributed by atoms with Crippen molar-refractivity contribution in [1.29, 1.82) is 0 Å². The van der Waals surface area contributed by atoms with Gasteiger partial charge in [-0.05, 0) is 30.7 Å². The van der Waals surface area contributed by atoms with E-state index in [1.807, 2.05) is 84.3 Å². The Morgan fingerprint density at radius 2 is 1.84 bits per heavy atom. The number of rotatable bonds is 5. The van der Waals surface area contributed by atoms with Gasteiger partial charge in [0.15, 0.2) is 6.61 Å². The number of amides is 2. The number of nitrogens with zero attached hydrogens (tertiary/aromatic N) is 3. The molecule has 0 unspecified atom stereocenters. The summed E-state index contributed by atoms with van der Waals surface area (Å²) >= 11 is 0. The maximum atomic E-state index is 13.0. The number of pyridine rings is 1. The van der Waals surface area contributed by atoms with Crippen molar-refractivity contribution in [2.75, 3.05) is 23.4 Å². The Labute approximate surface area is 185 Å². The quantitative estimate of drug-likeness (QED) is 0.522. The predicted molar refractivity (Wildman–Crippen MR) is 123 cm³/mol. The van der Waals surface area contributed by atoms with Gasteiger partial charge in [0.25, 0.3) is 5.91 Å². The number of nitrogens with one attached hydrogen (secondary N) is 1. The van der Waals surface area contributed by atoms with Crippen LogP contribution in [0.4, 0.5) is 11.5 Å². The smallest absolute Gasteiger partial charge is 0.265 e. The molecule has 5 rings (SSSR count). The monoisotopic (exact) mass is 426 g/mol. The normalized spacial score (nSPS) is 13.0. The number of aryl methyl sites for hydroxylation is 1. The van der Waals surface area contributed by atoms with Gasteiger partial charge in [-0.15, -0.1) is 0 Å². The van der Waals surface area contributed by atoms with Crippen molar-refractivity contribution >= 4 is 29.0 Å². The van der Waals surface area contributed by atoms with Gasteiger partial charge >= 0.3 is 0 Å². The molecule has 2 aromatic carbocycles. The Balaban J connectivity index is 1.41. The van der Waals surface area contributed by atoms with Crippen LogP contribution in [0.25, 0.3) is 16.9 Å². The third-order valence-electron chi connectivity index (χ3n) is 5.52. The summed E-state index contributed by atoms with van der Waals surface area (Å²) in [5.41, 5.74) is 4.12. The summed E-state index contributed by atoms with van der Waals surface area (Å²) in [5, 5.41) is 3.03. The molecule has 0 fully saturated rings. The van der Waals surface area contributed by atoms with E-state index in [0.29, 0.717) is 22.9 Å². The standard InChI is InChI=1S/C25H22N4O3/c1-17-8-7-14-29-24(17)27-23(18-9-3-2-4-10-18)25(29)26-21(30)13-15-28-19-11-5-6-12-20(19)32-16-22(28)31/h2-12,14H,13,15-16H2,1H3,(H,26,30). The number of benzene rings is 2.